The molecule has 2 aromatic carbocycles. The van der Waals surface area contributed by atoms with Crippen molar-refractivity contribution >= 4 is 29.3 Å². The maximum absolute atomic E-state index is 11.8. The van der Waals surface area contributed by atoms with Crippen molar-refractivity contribution in [1.82, 2.24) is 0 Å². The molecular formula is C17H17NO3S. The summed E-state index contributed by atoms with van der Waals surface area (Å²) >= 11 is 1.59. The number of esters is 1. The summed E-state index contributed by atoms with van der Waals surface area (Å²) in [4.78, 5) is 24.7. The van der Waals surface area contributed by atoms with Crippen LogP contribution in [0.1, 0.15) is 15.9 Å². The lowest BCUT2D eigenvalue weighted by molar-refractivity contribution is -0.119. The minimum Gasteiger partial charge on any atom is -0.452 e. The number of nitrogens with one attached hydrogen (secondary N) is 1. The summed E-state index contributed by atoms with van der Waals surface area (Å²) in [7, 11) is 0. The van der Waals surface area contributed by atoms with E-state index < -0.39 is 5.97 Å². The Morgan fingerprint density at radius 3 is 2.55 bits per heavy atom. The molecule has 0 aliphatic carbocycles. The fourth-order valence-electron chi connectivity index (χ4n) is 1.80. The molecular weight excluding hydrogens is 298 g/mol. The molecule has 0 aromatic heterocycles. The number of hydrogen-bond acceptors (Lipinski definition) is 4. The Bertz CT molecular complexity index is 668. The number of thioether (sulfide) groups is 1. The van der Waals surface area contributed by atoms with E-state index in [0.29, 0.717) is 11.3 Å². The summed E-state index contributed by atoms with van der Waals surface area (Å²) in [5, 5.41) is 2.70. The first-order valence-electron chi connectivity index (χ1n) is 6.76. The highest BCUT2D eigenvalue weighted by molar-refractivity contribution is 7.98. The lowest BCUT2D eigenvalue weighted by atomic mass is 10.1. The lowest BCUT2D eigenvalue weighted by Gasteiger charge is -2.07. The Morgan fingerprint density at radius 1 is 1.14 bits per heavy atom. The van der Waals surface area contributed by atoms with E-state index in [0.717, 1.165) is 10.5 Å². The van der Waals surface area contributed by atoms with Crippen LogP contribution in [0, 0.1) is 6.92 Å². The lowest BCUT2D eigenvalue weighted by Crippen LogP contribution is -2.20. The van der Waals surface area contributed by atoms with Crippen molar-refractivity contribution in [3.63, 3.8) is 0 Å². The van der Waals surface area contributed by atoms with Crippen LogP contribution in [0.15, 0.2) is 53.4 Å². The van der Waals surface area contributed by atoms with Gasteiger partial charge in [-0.15, -0.1) is 11.8 Å². The Kier molecular flexibility index (Phi) is 5.61. The van der Waals surface area contributed by atoms with Crippen molar-refractivity contribution in [3.8, 4) is 0 Å². The summed E-state index contributed by atoms with van der Waals surface area (Å²) in [6.45, 7) is 1.63. The number of aryl methyl sites for hydroxylation is 1. The molecule has 5 heteroatoms. The third-order valence-corrected chi connectivity index (χ3v) is 3.70. The zero-order chi connectivity index (χ0) is 15.9. The molecule has 0 spiro atoms. The van der Waals surface area contributed by atoms with E-state index in [2.05, 4.69) is 5.32 Å². The molecule has 0 radical (unpaired) electrons. The number of amides is 1. The molecule has 22 heavy (non-hydrogen) atoms. The Labute approximate surface area is 133 Å². The monoisotopic (exact) mass is 315 g/mol. The second kappa shape index (κ2) is 7.66. The molecule has 2 aromatic rings. The molecule has 0 fully saturated rings. The fourth-order valence-corrected chi connectivity index (χ4v) is 2.26. The smallest absolute Gasteiger partial charge is 0.338 e. The van der Waals surface area contributed by atoms with Gasteiger partial charge in [0.05, 0.1) is 5.56 Å². The second-order valence-electron chi connectivity index (χ2n) is 4.72. The predicted molar refractivity (Wildman–Crippen MR) is 88.3 cm³/mol. The molecule has 0 saturated carbocycles. The van der Waals surface area contributed by atoms with Crippen LogP contribution < -0.4 is 5.32 Å². The third kappa shape index (κ3) is 4.63. The van der Waals surface area contributed by atoms with E-state index in [-0.39, 0.29) is 12.5 Å². The Hall–Kier alpha value is -2.27. The fraction of sp³-hybridized carbons (Fsp3) is 0.176. The van der Waals surface area contributed by atoms with Crippen LogP contribution >= 0.6 is 11.8 Å². The number of rotatable bonds is 5. The van der Waals surface area contributed by atoms with Gasteiger partial charge in [-0.05, 0) is 43.5 Å². The van der Waals surface area contributed by atoms with Gasteiger partial charge in [-0.3, -0.25) is 4.79 Å². The topological polar surface area (TPSA) is 55.4 Å². The Morgan fingerprint density at radius 2 is 1.86 bits per heavy atom. The van der Waals surface area contributed by atoms with E-state index in [1.165, 1.54) is 0 Å². The van der Waals surface area contributed by atoms with Gasteiger partial charge in [-0.2, -0.15) is 0 Å². The standard InChI is InChI=1S/C17H17NO3S/c1-12-6-8-13(9-7-12)17(20)21-11-16(19)18-14-4-3-5-15(10-14)22-2/h3-10H,11H2,1-2H3,(H,18,19). The number of anilines is 1. The summed E-state index contributed by atoms with van der Waals surface area (Å²) in [6, 6.07) is 14.5. The zero-order valence-corrected chi connectivity index (χ0v) is 13.3. The van der Waals surface area contributed by atoms with Crippen LogP contribution in [0.25, 0.3) is 0 Å². The minimum atomic E-state index is -0.506. The van der Waals surface area contributed by atoms with Crippen molar-refractivity contribution < 1.29 is 14.3 Å². The van der Waals surface area contributed by atoms with Crippen molar-refractivity contribution in [2.45, 2.75) is 11.8 Å². The van der Waals surface area contributed by atoms with Gasteiger partial charge in [-0.25, -0.2) is 4.79 Å². The largest absolute Gasteiger partial charge is 0.452 e. The van der Waals surface area contributed by atoms with Crippen LogP contribution in [0.5, 0.6) is 0 Å². The van der Waals surface area contributed by atoms with Crippen LogP contribution in [0.2, 0.25) is 0 Å². The van der Waals surface area contributed by atoms with Crippen LogP contribution in [0.4, 0.5) is 5.69 Å². The first-order chi connectivity index (χ1) is 10.6. The average molecular weight is 315 g/mol. The van der Waals surface area contributed by atoms with E-state index in [1.807, 2.05) is 43.5 Å². The number of carbonyl (C=O) groups is 2. The number of carbonyl (C=O) groups excluding carboxylic acids is 2. The second-order valence-corrected chi connectivity index (χ2v) is 5.60. The van der Waals surface area contributed by atoms with Crippen LogP contribution in [-0.2, 0) is 9.53 Å². The molecule has 2 rings (SSSR count). The maximum Gasteiger partial charge on any atom is 0.338 e. The molecule has 4 nitrogen and oxygen atoms in total. The molecule has 0 heterocycles. The highest BCUT2D eigenvalue weighted by Crippen LogP contribution is 2.18. The quantitative estimate of drug-likeness (QED) is 0.677. The third-order valence-electron chi connectivity index (χ3n) is 2.98. The van der Waals surface area contributed by atoms with Crippen LogP contribution in [0.3, 0.4) is 0 Å². The summed E-state index contributed by atoms with van der Waals surface area (Å²) in [6.07, 6.45) is 1.96. The van der Waals surface area contributed by atoms with Gasteiger partial charge in [0, 0.05) is 10.6 Å². The molecule has 1 amide bonds. The summed E-state index contributed by atoms with van der Waals surface area (Å²) in [5.74, 6) is -0.869. The summed E-state index contributed by atoms with van der Waals surface area (Å²) in [5.41, 5.74) is 2.17. The summed E-state index contributed by atoms with van der Waals surface area (Å²) < 4.78 is 5.00. The van der Waals surface area contributed by atoms with Crippen molar-refractivity contribution in [2.75, 3.05) is 18.2 Å². The first kappa shape index (κ1) is 16.1. The van der Waals surface area contributed by atoms with Gasteiger partial charge in [0.2, 0.25) is 0 Å². The number of ether oxygens (including phenoxy) is 1. The van der Waals surface area contributed by atoms with Gasteiger partial charge in [0.25, 0.3) is 5.91 Å². The first-order valence-corrected chi connectivity index (χ1v) is 7.98. The van der Waals surface area contributed by atoms with E-state index in [9.17, 15) is 9.59 Å². The van der Waals surface area contributed by atoms with E-state index >= 15 is 0 Å². The molecule has 0 aliphatic rings. The van der Waals surface area contributed by atoms with Crippen LogP contribution in [-0.4, -0.2) is 24.7 Å². The highest BCUT2D eigenvalue weighted by Gasteiger charge is 2.10. The minimum absolute atomic E-state index is 0.309. The van der Waals surface area contributed by atoms with Gasteiger partial charge in [0.1, 0.15) is 0 Å². The Balaban J connectivity index is 1.87. The molecule has 0 bridgehead atoms. The normalized spacial score (nSPS) is 10.1. The highest BCUT2D eigenvalue weighted by atomic mass is 32.2. The molecule has 0 unspecified atom stereocenters. The van der Waals surface area contributed by atoms with Gasteiger partial charge < -0.3 is 10.1 Å². The van der Waals surface area contributed by atoms with Gasteiger partial charge in [0.15, 0.2) is 6.61 Å². The number of benzene rings is 2. The zero-order valence-electron chi connectivity index (χ0n) is 12.5. The maximum atomic E-state index is 11.8. The molecule has 0 aliphatic heterocycles. The van der Waals surface area contributed by atoms with Gasteiger partial charge in [-0.1, -0.05) is 23.8 Å². The molecule has 0 atom stereocenters. The number of hydrogen-bond donors (Lipinski definition) is 1. The van der Waals surface area contributed by atoms with E-state index in [4.69, 9.17) is 4.74 Å². The van der Waals surface area contributed by atoms with Crippen molar-refractivity contribution in [2.24, 2.45) is 0 Å². The van der Waals surface area contributed by atoms with Gasteiger partial charge >= 0.3 is 5.97 Å². The van der Waals surface area contributed by atoms with Crippen molar-refractivity contribution in [1.29, 1.82) is 0 Å². The SMILES string of the molecule is CSc1cccc(NC(=O)COC(=O)c2ccc(C)cc2)c1. The average Bonchev–Trinajstić information content (AvgIpc) is 2.53. The molecule has 114 valence electrons. The predicted octanol–water partition coefficient (Wildman–Crippen LogP) is 3.51. The molecule has 0 saturated heterocycles. The van der Waals surface area contributed by atoms with E-state index in [1.54, 1.807) is 30.0 Å². The van der Waals surface area contributed by atoms with Crippen molar-refractivity contribution in [3.05, 3.63) is 59.7 Å². The molecule has 1 N–H and O–H groups in total.